The molecule has 0 radical (unpaired) electrons. The lowest BCUT2D eigenvalue weighted by molar-refractivity contribution is 0.00447. The molecule has 4 N–H and O–H groups in total. The van der Waals surface area contributed by atoms with Gasteiger partial charge in [-0.15, -0.1) is 0 Å². The summed E-state index contributed by atoms with van der Waals surface area (Å²) in [7, 11) is 1.41. The second-order valence-corrected chi connectivity index (χ2v) is 8.16. The van der Waals surface area contributed by atoms with E-state index in [-0.39, 0.29) is 52.8 Å². The second kappa shape index (κ2) is 11.3. The molecule has 1 fully saturated rings. The van der Waals surface area contributed by atoms with Crippen LogP contribution in [0.3, 0.4) is 0 Å². The van der Waals surface area contributed by atoms with E-state index in [0.717, 1.165) is 13.1 Å². The van der Waals surface area contributed by atoms with Crippen LogP contribution in [0.5, 0.6) is 11.5 Å². The number of aliphatic hydroxyl groups excluding tert-OH is 1. The summed E-state index contributed by atoms with van der Waals surface area (Å²) in [4.78, 5) is 40.3. The molecule has 3 heterocycles. The van der Waals surface area contributed by atoms with Crippen molar-refractivity contribution in [2.24, 2.45) is 0 Å². The quantitative estimate of drug-likeness (QED) is 0.342. The van der Waals surface area contributed by atoms with Crippen molar-refractivity contribution in [3.05, 3.63) is 40.7 Å². The van der Waals surface area contributed by atoms with Crippen LogP contribution < -0.4 is 26.1 Å². The monoisotopic (exact) mass is 499 g/mol. The van der Waals surface area contributed by atoms with Gasteiger partial charge < -0.3 is 25.1 Å². The minimum absolute atomic E-state index is 0.00561. The van der Waals surface area contributed by atoms with E-state index in [4.69, 9.17) is 19.9 Å². The van der Waals surface area contributed by atoms with Gasteiger partial charge in [0.1, 0.15) is 24.6 Å². The number of morpholine rings is 1. The van der Waals surface area contributed by atoms with Crippen LogP contribution in [0.15, 0.2) is 29.6 Å². The molecule has 13 nitrogen and oxygen atoms in total. The SMILES string of the molecule is CCn1c(NC(=O)c2cncnc2)nc2c(OC)c(OC[C@H](O)CN3CCOCC3)cc(N)c2c1=O. The molecule has 1 saturated heterocycles. The minimum atomic E-state index is -0.770. The number of aliphatic hydroxyl groups is 1. The molecule has 0 unspecified atom stereocenters. The third-order valence-corrected chi connectivity index (χ3v) is 5.76. The van der Waals surface area contributed by atoms with Crippen LogP contribution in [-0.4, -0.2) is 88.1 Å². The average molecular weight is 500 g/mol. The summed E-state index contributed by atoms with van der Waals surface area (Å²) in [6.45, 7) is 5.10. The Morgan fingerprint density at radius 3 is 2.69 bits per heavy atom. The van der Waals surface area contributed by atoms with Crippen LogP contribution in [0.25, 0.3) is 10.9 Å². The zero-order valence-electron chi connectivity index (χ0n) is 20.1. The molecule has 4 rings (SSSR count). The normalized spacial score (nSPS) is 15.0. The molecular formula is C23H29N7O6. The first kappa shape index (κ1) is 25.3. The first-order valence-corrected chi connectivity index (χ1v) is 11.5. The van der Waals surface area contributed by atoms with Crippen molar-refractivity contribution in [3.63, 3.8) is 0 Å². The van der Waals surface area contributed by atoms with E-state index < -0.39 is 17.6 Å². The Bertz CT molecular complexity index is 1280. The Labute approximate surface area is 206 Å². The number of anilines is 2. The Balaban J connectivity index is 1.65. The predicted molar refractivity (Wildman–Crippen MR) is 131 cm³/mol. The van der Waals surface area contributed by atoms with Crippen LogP contribution >= 0.6 is 0 Å². The summed E-state index contributed by atoms with van der Waals surface area (Å²) in [6.07, 6.45) is 3.24. The zero-order chi connectivity index (χ0) is 25.7. The predicted octanol–water partition coefficient (Wildman–Crippen LogP) is 0.121. The fraction of sp³-hybridized carbons (Fsp3) is 0.435. The molecule has 0 bridgehead atoms. The van der Waals surface area contributed by atoms with E-state index in [9.17, 15) is 14.7 Å². The Morgan fingerprint density at radius 1 is 1.31 bits per heavy atom. The number of fused-ring (bicyclic) bond motifs is 1. The molecule has 1 amide bonds. The van der Waals surface area contributed by atoms with Gasteiger partial charge in [0.05, 0.1) is 37.0 Å². The molecule has 1 aliphatic rings. The number of nitrogen functional groups attached to an aromatic ring is 1. The highest BCUT2D eigenvalue weighted by molar-refractivity contribution is 6.04. The highest BCUT2D eigenvalue weighted by Gasteiger charge is 2.23. The lowest BCUT2D eigenvalue weighted by Gasteiger charge is -2.28. The van der Waals surface area contributed by atoms with Crippen molar-refractivity contribution in [3.8, 4) is 11.5 Å². The molecule has 0 spiro atoms. The number of benzene rings is 1. The number of amides is 1. The van der Waals surface area contributed by atoms with E-state index >= 15 is 0 Å². The topological polar surface area (TPSA) is 167 Å². The molecule has 3 aromatic rings. The largest absolute Gasteiger partial charge is 0.491 e. The average Bonchev–Trinajstić information content (AvgIpc) is 2.88. The Hall–Kier alpha value is -3.81. The fourth-order valence-corrected chi connectivity index (χ4v) is 3.98. The lowest BCUT2D eigenvalue weighted by Crippen LogP contribution is -2.42. The molecule has 192 valence electrons. The van der Waals surface area contributed by atoms with Gasteiger partial charge in [0, 0.05) is 44.6 Å². The second-order valence-electron chi connectivity index (χ2n) is 8.16. The van der Waals surface area contributed by atoms with Crippen LogP contribution in [0.1, 0.15) is 17.3 Å². The summed E-state index contributed by atoms with van der Waals surface area (Å²) in [6, 6.07) is 1.48. The summed E-state index contributed by atoms with van der Waals surface area (Å²) in [5.74, 6) is -0.143. The van der Waals surface area contributed by atoms with Gasteiger partial charge in [0.15, 0.2) is 11.5 Å². The van der Waals surface area contributed by atoms with E-state index in [0.29, 0.717) is 19.8 Å². The molecule has 13 heteroatoms. The summed E-state index contributed by atoms with van der Waals surface area (Å²) < 4.78 is 18.0. The first-order chi connectivity index (χ1) is 17.4. The van der Waals surface area contributed by atoms with E-state index in [2.05, 4.69) is 25.2 Å². The van der Waals surface area contributed by atoms with E-state index in [1.54, 1.807) is 6.92 Å². The van der Waals surface area contributed by atoms with E-state index in [1.165, 1.54) is 36.5 Å². The van der Waals surface area contributed by atoms with Crippen LogP contribution in [0.4, 0.5) is 11.6 Å². The molecule has 0 saturated carbocycles. The highest BCUT2D eigenvalue weighted by atomic mass is 16.5. The molecule has 2 aromatic heterocycles. The van der Waals surface area contributed by atoms with Crippen LogP contribution in [0, 0.1) is 0 Å². The van der Waals surface area contributed by atoms with Gasteiger partial charge in [-0.2, -0.15) is 0 Å². The van der Waals surface area contributed by atoms with E-state index in [1.807, 2.05) is 0 Å². The van der Waals surface area contributed by atoms with Crippen molar-refractivity contribution in [2.75, 3.05) is 57.6 Å². The maximum absolute atomic E-state index is 13.3. The molecule has 1 aromatic carbocycles. The number of hydrogen-bond acceptors (Lipinski definition) is 11. The Kier molecular flexibility index (Phi) is 7.93. The third-order valence-electron chi connectivity index (χ3n) is 5.76. The van der Waals surface area contributed by atoms with Gasteiger partial charge in [-0.25, -0.2) is 15.0 Å². The number of carbonyl (C=O) groups excluding carboxylic acids is 1. The zero-order valence-corrected chi connectivity index (χ0v) is 20.1. The fourth-order valence-electron chi connectivity index (χ4n) is 3.98. The van der Waals surface area contributed by atoms with Gasteiger partial charge in [-0.05, 0) is 6.92 Å². The van der Waals surface area contributed by atoms with Crippen LogP contribution in [0.2, 0.25) is 0 Å². The van der Waals surface area contributed by atoms with Gasteiger partial charge in [0.25, 0.3) is 11.5 Å². The number of hydrogen-bond donors (Lipinski definition) is 3. The number of aromatic nitrogens is 4. The molecule has 1 aliphatic heterocycles. The van der Waals surface area contributed by atoms with Gasteiger partial charge in [0.2, 0.25) is 5.95 Å². The standard InChI is InChI=1S/C23H29N7O6/c1-3-30-22(33)18-16(24)8-17(36-12-15(31)11-29-4-6-35-7-5-29)20(34-2)19(18)27-23(30)28-21(32)14-9-25-13-26-10-14/h8-10,13,15,31H,3-7,11-12,24H2,1-2H3,(H,27,28,32)/t15-/m1/s1. The molecular weight excluding hydrogens is 470 g/mol. The van der Waals surface area contributed by atoms with Crippen LogP contribution in [-0.2, 0) is 11.3 Å². The number of ether oxygens (including phenoxy) is 3. The Morgan fingerprint density at radius 2 is 2.03 bits per heavy atom. The number of nitrogens with two attached hydrogens (primary N) is 1. The smallest absolute Gasteiger partial charge is 0.265 e. The molecule has 0 aliphatic carbocycles. The first-order valence-electron chi connectivity index (χ1n) is 11.5. The van der Waals surface area contributed by atoms with Crippen molar-refractivity contribution >= 4 is 28.4 Å². The van der Waals surface area contributed by atoms with Crippen molar-refractivity contribution in [2.45, 2.75) is 19.6 Å². The van der Waals surface area contributed by atoms with Gasteiger partial charge >= 0.3 is 0 Å². The third kappa shape index (κ3) is 5.37. The maximum atomic E-state index is 13.3. The summed E-state index contributed by atoms with van der Waals surface area (Å²) in [5.41, 5.74) is 6.25. The van der Waals surface area contributed by atoms with Crippen molar-refractivity contribution in [1.82, 2.24) is 24.4 Å². The molecule has 1 atom stereocenters. The van der Waals surface area contributed by atoms with Gasteiger partial charge in [-0.1, -0.05) is 0 Å². The number of β-amino-alcohol motifs (C(OH)–C–C–N with tert-alkyl or cyclic N) is 1. The number of rotatable bonds is 9. The van der Waals surface area contributed by atoms with Gasteiger partial charge in [-0.3, -0.25) is 24.4 Å². The number of carbonyl (C=O) groups is 1. The number of nitrogens with zero attached hydrogens (tertiary/aromatic N) is 5. The number of methoxy groups -OCH3 is 1. The summed E-state index contributed by atoms with van der Waals surface area (Å²) >= 11 is 0. The van der Waals surface area contributed by atoms with Crippen molar-refractivity contribution in [1.29, 1.82) is 0 Å². The lowest BCUT2D eigenvalue weighted by atomic mass is 10.1. The number of nitrogens with one attached hydrogen (secondary N) is 1. The summed E-state index contributed by atoms with van der Waals surface area (Å²) in [5, 5.41) is 13.2. The minimum Gasteiger partial charge on any atom is -0.491 e. The highest BCUT2D eigenvalue weighted by Crippen LogP contribution is 2.37. The van der Waals surface area contributed by atoms with Crippen molar-refractivity contribution < 1.29 is 24.1 Å². The molecule has 36 heavy (non-hydrogen) atoms. The maximum Gasteiger partial charge on any atom is 0.265 e.